The highest BCUT2D eigenvalue weighted by Gasteiger charge is 2.50. The third-order valence-electron chi connectivity index (χ3n) is 10.7. The number of nitrogens with zero attached hydrogens (tertiary/aromatic N) is 3. The maximum atomic E-state index is 2.59. The normalized spacial score (nSPS) is 13.9. The lowest BCUT2D eigenvalue weighted by molar-refractivity contribution is -0.793. The van der Waals surface area contributed by atoms with Crippen LogP contribution in [-0.2, 0) is 13.5 Å². The van der Waals surface area contributed by atoms with Gasteiger partial charge in [0, 0.05) is 66.4 Å². The molecule has 0 saturated heterocycles. The van der Waals surface area contributed by atoms with E-state index in [1.807, 2.05) is 0 Å². The van der Waals surface area contributed by atoms with Gasteiger partial charge in [-0.25, -0.2) is 0 Å². The molecule has 8 rings (SSSR count). The van der Waals surface area contributed by atoms with E-state index in [0.717, 1.165) is 6.42 Å². The van der Waals surface area contributed by atoms with Gasteiger partial charge in [0.2, 0.25) is 23.1 Å². The van der Waals surface area contributed by atoms with Gasteiger partial charge in [0.1, 0.15) is 7.05 Å². The zero-order chi connectivity index (χ0) is 34.4. The van der Waals surface area contributed by atoms with Crippen LogP contribution in [0.3, 0.4) is 0 Å². The van der Waals surface area contributed by atoms with E-state index in [9.17, 15) is 0 Å². The number of benzene rings is 4. The van der Waals surface area contributed by atoms with Gasteiger partial charge in [0.05, 0.1) is 11.1 Å². The van der Waals surface area contributed by atoms with Crippen molar-refractivity contribution in [2.45, 2.75) is 46.2 Å². The molecule has 3 aromatic heterocycles. The minimum atomic E-state index is -0.0615. The molecule has 0 fully saturated rings. The summed E-state index contributed by atoms with van der Waals surface area (Å²) >= 11 is 0. The smallest absolute Gasteiger partial charge is 0.199 e. The van der Waals surface area contributed by atoms with Crippen molar-refractivity contribution < 1.29 is 13.7 Å². The van der Waals surface area contributed by atoms with Crippen LogP contribution in [0.1, 0.15) is 52.6 Å². The zero-order valence-corrected chi connectivity index (χ0v) is 29.6. The van der Waals surface area contributed by atoms with E-state index in [-0.39, 0.29) is 12.1 Å². The summed E-state index contributed by atoms with van der Waals surface area (Å²) in [6, 6.07) is 53.8. The Hall–Kier alpha value is -5.67. The summed E-state index contributed by atoms with van der Waals surface area (Å²) in [5.74, 6) is 0. The molecule has 4 heterocycles. The van der Waals surface area contributed by atoms with Gasteiger partial charge in [-0.05, 0) is 66.4 Å². The predicted octanol–water partition coefficient (Wildman–Crippen LogP) is 9.43. The molecule has 0 aliphatic carbocycles. The summed E-state index contributed by atoms with van der Waals surface area (Å²) < 4.78 is 7.50. The maximum absolute atomic E-state index is 2.59. The Morgan fingerprint density at radius 1 is 0.560 bits per heavy atom. The minimum Gasteiger partial charge on any atom is -0.199 e. The summed E-state index contributed by atoms with van der Waals surface area (Å²) in [5.41, 5.74) is 17.7. The Balaban J connectivity index is 1.44. The largest absolute Gasteiger partial charge is 0.250 e. The molecule has 0 N–H and O–H groups in total. The number of rotatable bonds is 7. The van der Waals surface area contributed by atoms with E-state index >= 15 is 0 Å². The van der Waals surface area contributed by atoms with Gasteiger partial charge in [-0.2, -0.15) is 13.7 Å². The number of hydrogen-bond acceptors (Lipinski definition) is 0. The van der Waals surface area contributed by atoms with Gasteiger partial charge in [-0.1, -0.05) is 85.8 Å². The number of fused-ring (bicyclic) bond motifs is 3. The first-order valence-corrected chi connectivity index (χ1v) is 17.8. The van der Waals surface area contributed by atoms with E-state index in [1.54, 1.807) is 0 Å². The van der Waals surface area contributed by atoms with Crippen molar-refractivity contribution in [3.63, 3.8) is 0 Å². The van der Waals surface area contributed by atoms with Crippen molar-refractivity contribution in [2.24, 2.45) is 7.05 Å². The summed E-state index contributed by atoms with van der Waals surface area (Å²) in [4.78, 5) is 0. The highest BCUT2D eigenvalue weighted by Crippen LogP contribution is 2.43. The van der Waals surface area contributed by atoms with Gasteiger partial charge in [-0.3, -0.25) is 0 Å². The van der Waals surface area contributed by atoms with Crippen LogP contribution < -0.4 is 13.7 Å². The fourth-order valence-corrected chi connectivity index (χ4v) is 8.11. The van der Waals surface area contributed by atoms with Crippen LogP contribution in [0, 0.1) is 20.8 Å². The van der Waals surface area contributed by atoms with Gasteiger partial charge < -0.3 is 0 Å². The molecular formula is C47H44N3+3. The van der Waals surface area contributed by atoms with Crippen LogP contribution in [-0.4, -0.2) is 0 Å². The third kappa shape index (κ3) is 5.34. The first kappa shape index (κ1) is 31.6. The van der Waals surface area contributed by atoms with Crippen LogP contribution >= 0.6 is 0 Å². The molecular weight excluding hydrogens is 607 g/mol. The van der Waals surface area contributed by atoms with Gasteiger partial charge >= 0.3 is 0 Å². The molecule has 2 unspecified atom stereocenters. The number of pyridine rings is 3. The number of hydrogen-bond donors (Lipinski definition) is 0. The van der Waals surface area contributed by atoms with E-state index < -0.39 is 0 Å². The summed E-state index contributed by atoms with van der Waals surface area (Å²) in [7, 11) is 2.18. The lowest BCUT2D eigenvalue weighted by Crippen LogP contribution is -2.55. The number of aryl methyl sites for hydroxylation is 4. The molecule has 0 bridgehead atoms. The van der Waals surface area contributed by atoms with Crippen LogP contribution in [0.2, 0.25) is 0 Å². The molecule has 1 aliphatic heterocycles. The second-order valence-electron chi connectivity index (χ2n) is 13.7. The van der Waals surface area contributed by atoms with Crippen LogP contribution in [0.15, 0.2) is 152 Å². The fourth-order valence-electron chi connectivity index (χ4n) is 8.11. The van der Waals surface area contributed by atoms with Gasteiger partial charge in [0.25, 0.3) is 6.04 Å². The van der Waals surface area contributed by atoms with Crippen molar-refractivity contribution in [3.05, 3.63) is 185 Å². The van der Waals surface area contributed by atoms with Crippen molar-refractivity contribution >= 4 is 0 Å². The summed E-state index contributed by atoms with van der Waals surface area (Å²) in [6.07, 6.45) is 3.32. The Labute approximate surface area is 296 Å². The predicted molar refractivity (Wildman–Crippen MR) is 203 cm³/mol. The Morgan fingerprint density at radius 3 is 2.06 bits per heavy atom. The van der Waals surface area contributed by atoms with Crippen molar-refractivity contribution in [3.8, 4) is 44.9 Å². The minimum absolute atomic E-state index is 0.0258. The third-order valence-corrected chi connectivity index (χ3v) is 10.7. The molecule has 0 amide bonds. The molecule has 4 aromatic carbocycles. The standard InChI is InChI=1S/C47H44N3/c1-6-35-30-37(36-18-8-7-9-19-36)27-28-38(35)44-29-26-32(2)31-49(44)46(41-22-12-10-20-39(41)43-24-14-16-33(3)48(43)5)47-42-23-13-11-21-40(42)45-25-15-17-34(4)50(45)47/h7-31,46-47H,6H2,1-5H3/q+3. The molecule has 3 nitrogen and oxygen atoms in total. The highest BCUT2D eigenvalue weighted by molar-refractivity contribution is 5.72. The maximum Gasteiger partial charge on any atom is 0.250 e. The SMILES string of the molecule is CCc1cc(-c2ccccc2)ccc1-c1ccc(C)c[n+]1C(c1ccccc1-c1cccc(C)[n+]1C)C1c2ccccc2-c2cccc(C)[n+]21. The Kier molecular flexibility index (Phi) is 8.20. The first-order chi connectivity index (χ1) is 24.4. The second-order valence-corrected chi connectivity index (χ2v) is 13.7. The fraction of sp³-hybridized carbons (Fsp3) is 0.170. The molecule has 7 aromatic rings. The topological polar surface area (TPSA) is 11.6 Å². The molecule has 244 valence electrons. The van der Waals surface area contributed by atoms with E-state index in [2.05, 4.69) is 200 Å². The monoisotopic (exact) mass is 650 g/mol. The zero-order valence-electron chi connectivity index (χ0n) is 29.6. The molecule has 0 radical (unpaired) electrons. The van der Waals surface area contributed by atoms with Crippen molar-refractivity contribution in [1.29, 1.82) is 0 Å². The molecule has 50 heavy (non-hydrogen) atoms. The van der Waals surface area contributed by atoms with Gasteiger partial charge in [-0.15, -0.1) is 0 Å². The van der Waals surface area contributed by atoms with Crippen LogP contribution in [0.4, 0.5) is 0 Å². The van der Waals surface area contributed by atoms with Crippen molar-refractivity contribution in [1.82, 2.24) is 0 Å². The lowest BCUT2D eigenvalue weighted by Gasteiger charge is -2.23. The Bertz CT molecular complexity index is 2370. The lowest BCUT2D eigenvalue weighted by atomic mass is 9.87. The second kappa shape index (κ2) is 13.0. The molecule has 3 heteroatoms. The first-order valence-electron chi connectivity index (χ1n) is 17.8. The Morgan fingerprint density at radius 2 is 1.26 bits per heavy atom. The average molecular weight is 651 g/mol. The number of aromatic nitrogens is 3. The van der Waals surface area contributed by atoms with Crippen LogP contribution in [0.25, 0.3) is 44.9 Å². The van der Waals surface area contributed by atoms with E-state index in [0.29, 0.717) is 0 Å². The average Bonchev–Trinajstić information content (AvgIpc) is 3.49. The summed E-state index contributed by atoms with van der Waals surface area (Å²) in [6.45, 7) is 8.94. The quantitative estimate of drug-likeness (QED) is 0.152. The van der Waals surface area contributed by atoms with E-state index in [1.165, 1.54) is 78.5 Å². The highest BCUT2D eigenvalue weighted by atomic mass is 15.1. The molecule has 1 aliphatic rings. The van der Waals surface area contributed by atoms with Gasteiger partial charge in [0.15, 0.2) is 17.6 Å². The molecule has 0 saturated carbocycles. The van der Waals surface area contributed by atoms with Crippen LogP contribution in [0.5, 0.6) is 0 Å². The molecule has 2 atom stereocenters. The van der Waals surface area contributed by atoms with E-state index in [4.69, 9.17) is 0 Å². The summed E-state index contributed by atoms with van der Waals surface area (Å²) in [5, 5.41) is 0. The molecule has 0 spiro atoms. The van der Waals surface area contributed by atoms with Crippen molar-refractivity contribution in [2.75, 3.05) is 0 Å².